The number of hydrogen-bond acceptors (Lipinski definition) is 4. The van der Waals surface area contributed by atoms with Gasteiger partial charge in [0.25, 0.3) is 0 Å². The van der Waals surface area contributed by atoms with Crippen LogP contribution in [0.1, 0.15) is 106 Å². The second-order valence-corrected chi connectivity index (χ2v) is 8.95. The Bertz CT molecular complexity index is 570. The van der Waals surface area contributed by atoms with E-state index >= 15 is 0 Å². The van der Waals surface area contributed by atoms with Gasteiger partial charge in [-0.3, -0.25) is 0 Å². The highest BCUT2D eigenvalue weighted by atomic mass is 32.1. The van der Waals surface area contributed by atoms with E-state index in [1.165, 1.54) is 26.6 Å². The van der Waals surface area contributed by atoms with Crippen LogP contribution >= 0.6 is 23.1 Å². The van der Waals surface area contributed by atoms with Crippen LogP contribution in [0.15, 0.2) is 6.20 Å². The van der Waals surface area contributed by atoms with Gasteiger partial charge in [-0.2, -0.15) is 4.37 Å². The van der Waals surface area contributed by atoms with Crippen molar-refractivity contribution in [3.8, 4) is 0 Å². The van der Waals surface area contributed by atoms with Crippen molar-refractivity contribution in [2.75, 3.05) is 0 Å². The van der Waals surface area contributed by atoms with Crippen LogP contribution in [-0.2, 0) is 0 Å². The second kappa shape index (κ2) is 8.93. The van der Waals surface area contributed by atoms with E-state index in [4.69, 9.17) is 0 Å². The number of nitrogens with zero attached hydrogens (tertiary/aromatic N) is 2. The molecule has 2 aromatic rings. The maximum absolute atomic E-state index is 4.40. The molecule has 0 aromatic carbocycles. The van der Waals surface area contributed by atoms with Crippen molar-refractivity contribution in [3.05, 3.63) is 32.8 Å². The predicted octanol–water partition coefficient (Wildman–Crippen LogP) is 7.09. The van der Waals surface area contributed by atoms with Gasteiger partial charge >= 0.3 is 0 Å². The molecule has 0 unspecified atom stereocenters. The second-order valence-electron chi connectivity index (χ2n) is 7.31. The number of aryl methyl sites for hydroxylation is 1. The van der Waals surface area contributed by atoms with Crippen molar-refractivity contribution in [2.24, 2.45) is 0 Å². The topological polar surface area (TPSA) is 25.8 Å². The van der Waals surface area contributed by atoms with Crippen LogP contribution in [0.3, 0.4) is 0 Å². The lowest BCUT2D eigenvalue weighted by Crippen LogP contribution is -1.95. The third kappa shape index (κ3) is 5.39. The van der Waals surface area contributed by atoms with Gasteiger partial charge in [0.15, 0.2) is 0 Å². The standard InChI is InChI=1S/C10H17NS.C9H15NS/c1-6(2)9-8(5)11-12-10(9)7(3)4;1-6(2)8-5-10-11-9(8)7(3)4/h6-7H,1-5H3;5-7H,1-4H3. The molecule has 0 bridgehead atoms. The maximum Gasteiger partial charge on any atom is 0.0548 e. The van der Waals surface area contributed by atoms with Gasteiger partial charge in [-0.15, -0.1) is 0 Å². The van der Waals surface area contributed by atoms with Gasteiger partial charge in [0, 0.05) is 16.0 Å². The van der Waals surface area contributed by atoms with Crippen LogP contribution in [-0.4, -0.2) is 8.75 Å². The molecule has 0 radical (unpaired) electrons. The summed E-state index contributed by atoms with van der Waals surface area (Å²) in [6.45, 7) is 19.9. The Hall–Kier alpha value is -0.740. The van der Waals surface area contributed by atoms with E-state index in [0.717, 1.165) is 0 Å². The van der Waals surface area contributed by atoms with Crippen LogP contribution in [0.2, 0.25) is 0 Å². The third-order valence-electron chi connectivity index (χ3n) is 3.81. The number of rotatable bonds is 4. The number of aromatic nitrogens is 2. The SMILES string of the molecule is CC(C)c1cnsc1C(C)C.Cc1nsc(C(C)C)c1C(C)C. The third-order valence-corrected chi connectivity index (χ3v) is 6.18. The van der Waals surface area contributed by atoms with Gasteiger partial charge in [-0.25, -0.2) is 4.37 Å². The molecule has 130 valence electrons. The molecular formula is C19H32N2S2. The molecule has 4 heteroatoms. The minimum absolute atomic E-state index is 0.612. The lowest BCUT2D eigenvalue weighted by molar-refractivity contribution is 0.801. The summed E-state index contributed by atoms with van der Waals surface area (Å²) in [7, 11) is 0. The molecule has 2 aromatic heterocycles. The van der Waals surface area contributed by atoms with Crippen molar-refractivity contribution in [1.82, 2.24) is 8.75 Å². The fourth-order valence-corrected chi connectivity index (χ4v) is 4.55. The summed E-state index contributed by atoms with van der Waals surface area (Å²) >= 11 is 3.30. The highest BCUT2D eigenvalue weighted by Gasteiger charge is 2.15. The van der Waals surface area contributed by atoms with Gasteiger partial charge < -0.3 is 0 Å². The highest BCUT2D eigenvalue weighted by molar-refractivity contribution is 7.06. The highest BCUT2D eigenvalue weighted by Crippen LogP contribution is 2.31. The molecule has 0 N–H and O–H groups in total. The fourth-order valence-electron chi connectivity index (χ4n) is 2.64. The average molecular weight is 353 g/mol. The smallest absolute Gasteiger partial charge is 0.0548 e. The molecule has 0 amide bonds. The van der Waals surface area contributed by atoms with Crippen LogP contribution in [0.5, 0.6) is 0 Å². The summed E-state index contributed by atoms with van der Waals surface area (Å²) in [5, 5.41) is 0. The van der Waals surface area contributed by atoms with Gasteiger partial charge in [-0.1, -0.05) is 55.4 Å². The van der Waals surface area contributed by atoms with E-state index in [2.05, 4.69) is 71.1 Å². The van der Waals surface area contributed by atoms with Crippen LogP contribution in [0, 0.1) is 6.92 Å². The predicted molar refractivity (Wildman–Crippen MR) is 105 cm³/mol. The molecule has 2 rings (SSSR count). The molecular weight excluding hydrogens is 320 g/mol. The van der Waals surface area contributed by atoms with E-state index in [0.29, 0.717) is 23.7 Å². The van der Waals surface area contributed by atoms with Gasteiger partial charge in [-0.05, 0) is 64.8 Å². The molecule has 0 aliphatic heterocycles. The van der Waals surface area contributed by atoms with E-state index in [1.807, 2.05) is 6.20 Å². The Morgan fingerprint density at radius 3 is 1.65 bits per heavy atom. The molecule has 0 aliphatic rings. The summed E-state index contributed by atoms with van der Waals surface area (Å²) in [6.07, 6.45) is 2.00. The largest absolute Gasteiger partial charge is 0.201 e. The Balaban J connectivity index is 0.000000231. The van der Waals surface area contributed by atoms with Gasteiger partial charge in [0.1, 0.15) is 0 Å². The lowest BCUT2D eigenvalue weighted by Gasteiger charge is -2.09. The Labute approximate surface area is 150 Å². The zero-order valence-corrected chi connectivity index (χ0v) is 17.7. The summed E-state index contributed by atoms with van der Waals surface area (Å²) in [5.41, 5.74) is 4.11. The molecule has 2 heterocycles. The Morgan fingerprint density at radius 1 is 0.739 bits per heavy atom. The Morgan fingerprint density at radius 2 is 1.30 bits per heavy atom. The number of hydrogen-bond donors (Lipinski definition) is 0. The molecule has 23 heavy (non-hydrogen) atoms. The van der Waals surface area contributed by atoms with Crippen LogP contribution in [0.4, 0.5) is 0 Å². The van der Waals surface area contributed by atoms with Crippen LogP contribution in [0.25, 0.3) is 0 Å². The molecule has 0 spiro atoms. The Kier molecular flexibility index (Phi) is 7.88. The molecule has 2 nitrogen and oxygen atoms in total. The first kappa shape index (κ1) is 20.3. The quantitative estimate of drug-likeness (QED) is 0.587. The maximum atomic E-state index is 4.40. The van der Waals surface area contributed by atoms with Crippen molar-refractivity contribution in [3.63, 3.8) is 0 Å². The molecule has 0 saturated heterocycles. The summed E-state index contributed by atoms with van der Waals surface area (Å²) < 4.78 is 8.61. The van der Waals surface area contributed by atoms with Crippen molar-refractivity contribution >= 4 is 23.1 Å². The summed E-state index contributed by atoms with van der Waals surface area (Å²) in [5.74, 6) is 2.47. The van der Waals surface area contributed by atoms with E-state index in [9.17, 15) is 0 Å². The van der Waals surface area contributed by atoms with Crippen molar-refractivity contribution < 1.29 is 0 Å². The zero-order valence-electron chi connectivity index (χ0n) is 16.1. The monoisotopic (exact) mass is 352 g/mol. The van der Waals surface area contributed by atoms with E-state index in [-0.39, 0.29) is 0 Å². The first-order valence-corrected chi connectivity index (χ1v) is 10.1. The summed E-state index contributed by atoms with van der Waals surface area (Å²) in [4.78, 5) is 2.91. The van der Waals surface area contributed by atoms with E-state index < -0.39 is 0 Å². The minimum atomic E-state index is 0.612. The van der Waals surface area contributed by atoms with Gasteiger partial charge in [0.2, 0.25) is 0 Å². The van der Waals surface area contributed by atoms with Crippen LogP contribution < -0.4 is 0 Å². The molecule has 0 atom stereocenters. The van der Waals surface area contributed by atoms with Crippen molar-refractivity contribution in [2.45, 2.75) is 86.0 Å². The molecule has 0 saturated carbocycles. The van der Waals surface area contributed by atoms with Crippen molar-refractivity contribution in [1.29, 1.82) is 0 Å². The average Bonchev–Trinajstić information content (AvgIpc) is 3.04. The van der Waals surface area contributed by atoms with E-state index in [1.54, 1.807) is 23.1 Å². The minimum Gasteiger partial charge on any atom is -0.201 e. The lowest BCUT2D eigenvalue weighted by atomic mass is 9.97. The first-order chi connectivity index (χ1) is 10.7. The summed E-state index contributed by atoms with van der Waals surface area (Å²) in [6, 6.07) is 0. The molecule has 0 fully saturated rings. The zero-order chi connectivity index (χ0) is 17.7. The normalized spacial score (nSPS) is 11.5. The first-order valence-electron chi connectivity index (χ1n) is 8.57. The molecule has 0 aliphatic carbocycles. The fraction of sp³-hybridized carbons (Fsp3) is 0.684. The van der Waals surface area contributed by atoms with Gasteiger partial charge in [0.05, 0.1) is 5.69 Å².